The lowest BCUT2D eigenvalue weighted by Crippen LogP contribution is -2.22. The van der Waals surface area contributed by atoms with Gasteiger partial charge in [-0.25, -0.2) is 0 Å². The Hall–Kier alpha value is -1.62. The lowest BCUT2D eigenvalue weighted by Gasteiger charge is -2.16. The Morgan fingerprint density at radius 2 is 2.33 bits per heavy atom. The highest BCUT2D eigenvalue weighted by Gasteiger charge is 2.20. The van der Waals surface area contributed by atoms with Gasteiger partial charge in [-0.15, -0.1) is 0 Å². The van der Waals surface area contributed by atoms with Crippen molar-refractivity contribution < 1.29 is 10.2 Å². The van der Waals surface area contributed by atoms with E-state index >= 15 is 0 Å². The minimum atomic E-state index is -1.13. The molecule has 0 aromatic carbocycles. The fourth-order valence-corrected chi connectivity index (χ4v) is 1.21. The van der Waals surface area contributed by atoms with E-state index in [2.05, 4.69) is 15.0 Å². The fourth-order valence-electron chi connectivity index (χ4n) is 1.21. The van der Waals surface area contributed by atoms with Crippen molar-refractivity contribution in [2.45, 2.75) is 19.1 Å². The van der Waals surface area contributed by atoms with Gasteiger partial charge in [0.25, 0.3) is 0 Å². The smallest absolute Gasteiger partial charge is 0.122 e. The molecule has 0 aliphatic heterocycles. The summed E-state index contributed by atoms with van der Waals surface area (Å²) in [6, 6.07) is 3.52. The number of aliphatic hydroxyl groups excluding tert-OH is 2. The van der Waals surface area contributed by atoms with E-state index in [1.54, 1.807) is 19.1 Å². The summed E-state index contributed by atoms with van der Waals surface area (Å²) in [7, 11) is 0. The van der Waals surface area contributed by atoms with Crippen LogP contribution in [0.15, 0.2) is 23.4 Å². The van der Waals surface area contributed by atoms with Crippen LogP contribution in [0.3, 0.4) is 0 Å². The monoisotopic (exact) mass is 208 g/mol. The maximum atomic E-state index is 9.70. The molecule has 1 aromatic heterocycles. The van der Waals surface area contributed by atoms with Crippen LogP contribution in [0.4, 0.5) is 0 Å². The van der Waals surface area contributed by atoms with Crippen LogP contribution in [0.25, 0.3) is 10.4 Å². The summed E-state index contributed by atoms with van der Waals surface area (Å²) in [5.41, 5.74) is 9.26. The second-order valence-electron chi connectivity index (χ2n) is 3.13. The third-order valence-electron chi connectivity index (χ3n) is 2.03. The van der Waals surface area contributed by atoms with Crippen molar-refractivity contribution in [1.29, 1.82) is 0 Å². The number of rotatable bonds is 4. The number of aliphatic hydroxyl groups is 2. The first-order valence-electron chi connectivity index (χ1n) is 4.45. The summed E-state index contributed by atoms with van der Waals surface area (Å²) < 4.78 is 0. The van der Waals surface area contributed by atoms with E-state index in [0.717, 1.165) is 5.56 Å². The van der Waals surface area contributed by atoms with Gasteiger partial charge in [0.2, 0.25) is 0 Å². The van der Waals surface area contributed by atoms with Crippen LogP contribution in [0, 0.1) is 6.92 Å². The number of aromatic nitrogens is 1. The quantitative estimate of drug-likeness (QED) is 0.440. The Balaban J connectivity index is 2.79. The standard InChI is InChI=1S/C9H12N4O2/c1-6-3-2-4-11-8(6)9(15)7(14)5-12-13-10/h2-4,7,9,14-15H,5H2,1H3. The van der Waals surface area contributed by atoms with E-state index in [4.69, 9.17) is 5.53 Å². The van der Waals surface area contributed by atoms with Gasteiger partial charge in [-0.05, 0) is 24.1 Å². The second kappa shape index (κ2) is 5.31. The first-order chi connectivity index (χ1) is 7.16. The minimum absolute atomic E-state index is 0.173. The largest absolute Gasteiger partial charge is 0.390 e. The van der Waals surface area contributed by atoms with Gasteiger partial charge in [0, 0.05) is 11.1 Å². The third kappa shape index (κ3) is 2.92. The van der Waals surface area contributed by atoms with E-state index in [1.807, 2.05) is 0 Å². The van der Waals surface area contributed by atoms with Gasteiger partial charge in [-0.3, -0.25) is 4.98 Å². The maximum Gasteiger partial charge on any atom is 0.122 e. The molecule has 15 heavy (non-hydrogen) atoms. The summed E-state index contributed by atoms with van der Waals surface area (Å²) in [5.74, 6) is 0. The van der Waals surface area contributed by atoms with E-state index < -0.39 is 12.2 Å². The second-order valence-corrected chi connectivity index (χ2v) is 3.13. The predicted molar refractivity (Wildman–Crippen MR) is 54.0 cm³/mol. The molecule has 6 heteroatoms. The summed E-state index contributed by atoms with van der Waals surface area (Å²) in [5, 5.41) is 22.4. The Morgan fingerprint density at radius 1 is 1.60 bits per heavy atom. The van der Waals surface area contributed by atoms with Gasteiger partial charge in [0.1, 0.15) is 6.10 Å². The number of nitrogens with zero attached hydrogens (tertiary/aromatic N) is 4. The van der Waals surface area contributed by atoms with Gasteiger partial charge in [0.15, 0.2) is 0 Å². The van der Waals surface area contributed by atoms with Crippen LogP contribution in [-0.4, -0.2) is 27.8 Å². The highest BCUT2D eigenvalue weighted by atomic mass is 16.3. The van der Waals surface area contributed by atoms with E-state index in [9.17, 15) is 10.2 Å². The van der Waals surface area contributed by atoms with Crippen LogP contribution in [0.1, 0.15) is 17.4 Å². The van der Waals surface area contributed by atoms with Crippen molar-refractivity contribution >= 4 is 0 Å². The van der Waals surface area contributed by atoms with Crippen LogP contribution >= 0.6 is 0 Å². The Morgan fingerprint density at radius 3 is 2.93 bits per heavy atom. The fraction of sp³-hybridized carbons (Fsp3) is 0.444. The van der Waals surface area contributed by atoms with Crippen LogP contribution < -0.4 is 0 Å². The number of azide groups is 1. The molecule has 1 heterocycles. The van der Waals surface area contributed by atoms with Gasteiger partial charge in [-0.2, -0.15) is 0 Å². The van der Waals surface area contributed by atoms with Crippen LogP contribution in [0.2, 0.25) is 0 Å². The number of aryl methyl sites for hydroxylation is 1. The topological polar surface area (TPSA) is 102 Å². The molecule has 0 radical (unpaired) electrons. The predicted octanol–water partition coefficient (Wildman–Crippen LogP) is 1.09. The van der Waals surface area contributed by atoms with Gasteiger partial charge >= 0.3 is 0 Å². The van der Waals surface area contributed by atoms with Crippen LogP contribution in [-0.2, 0) is 0 Å². The van der Waals surface area contributed by atoms with Crippen molar-refractivity contribution in [2.24, 2.45) is 5.11 Å². The summed E-state index contributed by atoms with van der Waals surface area (Å²) in [6.07, 6.45) is -0.725. The zero-order chi connectivity index (χ0) is 11.3. The normalized spacial score (nSPS) is 14.1. The molecule has 1 aromatic rings. The highest BCUT2D eigenvalue weighted by Crippen LogP contribution is 2.18. The SMILES string of the molecule is Cc1cccnc1C(O)C(O)CN=[N+]=[N-]. The zero-order valence-corrected chi connectivity index (χ0v) is 8.28. The highest BCUT2D eigenvalue weighted by molar-refractivity contribution is 5.20. The lowest BCUT2D eigenvalue weighted by atomic mass is 10.1. The molecule has 0 aliphatic rings. The molecule has 1 rings (SSSR count). The summed E-state index contributed by atoms with van der Waals surface area (Å²) in [6.45, 7) is 1.61. The maximum absolute atomic E-state index is 9.70. The van der Waals surface area contributed by atoms with Crippen molar-refractivity contribution in [3.63, 3.8) is 0 Å². The van der Waals surface area contributed by atoms with Crippen molar-refractivity contribution in [3.05, 3.63) is 40.0 Å². The molecular weight excluding hydrogens is 196 g/mol. The Kier molecular flexibility index (Phi) is 4.05. The molecule has 2 unspecified atom stereocenters. The molecular formula is C9H12N4O2. The third-order valence-corrected chi connectivity index (χ3v) is 2.03. The van der Waals surface area contributed by atoms with Gasteiger partial charge in [-0.1, -0.05) is 11.2 Å². The number of hydrogen-bond acceptors (Lipinski definition) is 4. The van der Waals surface area contributed by atoms with E-state index in [0.29, 0.717) is 5.69 Å². The summed E-state index contributed by atoms with van der Waals surface area (Å²) >= 11 is 0. The number of pyridine rings is 1. The van der Waals surface area contributed by atoms with Crippen molar-refractivity contribution in [1.82, 2.24) is 4.98 Å². The Labute approximate surface area is 86.8 Å². The zero-order valence-electron chi connectivity index (χ0n) is 8.28. The lowest BCUT2D eigenvalue weighted by molar-refractivity contribution is 0.0214. The van der Waals surface area contributed by atoms with E-state index in [1.165, 1.54) is 6.20 Å². The van der Waals surface area contributed by atoms with E-state index in [-0.39, 0.29) is 6.54 Å². The molecule has 0 aliphatic carbocycles. The molecule has 0 bridgehead atoms. The molecule has 80 valence electrons. The first-order valence-corrected chi connectivity index (χ1v) is 4.45. The molecule has 0 saturated heterocycles. The average molecular weight is 208 g/mol. The summed E-state index contributed by atoms with van der Waals surface area (Å²) in [4.78, 5) is 6.47. The minimum Gasteiger partial charge on any atom is -0.390 e. The first kappa shape index (κ1) is 11.5. The molecule has 0 amide bonds. The van der Waals surface area contributed by atoms with Gasteiger partial charge in [0.05, 0.1) is 18.3 Å². The molecule has 2 atom stereocenters. The van der Waals surface area contributed by atoms with Crippen molar-refractivity contribution in [3.8, 4) is 0 Å². The van der Waals surface area contributed by atoms with Crippen molar-refractivity contribution in [2.75, 3.05) is 6.54 Å². The van der Waals surface area contributed by atoms with Gasteiger partial charge < -0.3 is 10.2 Å². The average Bonchev–Trinajstić information content (AvgIpc) is 2.25. The molecule has 2 N–H and O–H groups in total. The van der Waals surface area contributed by atoms with Crippen LogP contribution in [0.5, 0.6) is 0 Å². The molecule has 0 fully saturated rings. The molecule has 0 spiro atoms. The number of hydrogen-bond donors (Lipinski definition) is 2. The molecule has 6 nitrogen and oxygen atoms in total. The Bertz CT molecular complexity index is 376. The molecule has 0 saturated carbocycles.